The second-order valence-electron chi connectivity index (χ2n) is 5.29. The van der Waals surface area contributed by atoms with Crippen molar-refractivity contribution in [2.45, 2.75) is 5.92 Å². The minimum Gasteiger partial charge on any atom is -0.379 e. The Balaban J connectivity index is 1.94. The van der Waals surface area contributed by atoms with Gasteiger partial charge in [0, 0.05) is 37.8 Å². The average Bonchev–Trinajstić information content (AvgIpc) is 2.90. The van der Waals surface area contributed by atoms with E-state index in [1.165, 1.54) is 11.1 Å². The van der Waals surface area contributed by atoms with Crippen LogP contribution in [0.25, 0.3) is 5.57 Å². The molecule has 1 heterocycles. The summed E-state index contributed by atoms with van der Waals surface area (Å²) in [6, 6.07) is 17.1. The Kier molecular flexibility index (Phi) is 3.44. The molecule has 1 unspecified atom stereocenters. The third-order valence-corrected chi connectivity index (χ3v) is 3.82. The highest BCUT2D eigenvalue weighted by Gasteiger charge is 2.25. The molecule has 0 spiro atoms. The van der Waals surface area contributed by atoms with Gasteiger partial charge in [-0.15, -0.1) is 0 Å². The van der Waals surface area contributed by atoms with Crippen LogP contribution in [0.2, 0.25) is 0 Å². The van der Waals surface area contributed by atoms with E-state index >= 15 is 0 Å². The Morgan fingerprint density at radius 1 is 1.10 bits per heavy atom. The van der Waals surface area contributed by atoms with Crippen LogP contribution in [-0.4, -0.2) is 23.4 Å². The van der Waals surface area contributed by atoms with Crippen LogP contribution in [0, 0.1) is 10.1 Å². The first kappa shape index (κ1) is 13.4. The molecule has 3 rings (SSSR count). The maximum atomic E-state index is 10.8. The van der Waals surface area contributed by atoms with Gasteiger partial charge in [-0.25, -0.2) is 0 Å². The molecular formula is C17H16N2O2. The van der Waals surface area contributed by atoms with Crippen LogP contribution >= 0.6 is 0 Å². The Labute approximate surface area is 123 Å². The quantitative estimate of drug-likeness (QED) is 0.636. The first-order valence-corrected chi connectivity index (χ1v) is 6.87. The highest BCUT2D eigenvalue weighted by atomic mass is 16.6. The summed E-state index contributed by atoms with van der Waals surface area (Å²) in [7, 11) is 2.05. The number of benzene rings is 2. The first-order chi connectivity index (χ1) is 10.1. The number of likely N-dealkylation sites (N-methyl/N-ethyl adjacent to an activating group) is 1. The molecule has 106 valence electrons. The van der Waals surface area contributed by atoms with Crippen LogP contribution in [0.4, 0.5) is 5.69 Å². The predicted molar refractivity (Wildman–Crippen MR) is 82.9 cm³/mol. The molecule has 0 amide bonds. The lowest BCUT2D eigenvalue weighted by Crippen LogP contribution is -2.12. The van der Waals surface area contributed by atoms with Crippen molar-refractivity contribution in [3.8, 4) is 0 Å². The molecule has 0 radical (unpaired) electrons. The number of nitro groups is 1. The molecule has 0 bridgehead atoms. The highest BCUT2D eigenvalue weighted by molar-refractivity contribution is 5.73. The summed E-state index contributed by atoms with van der Waals surface area (Å²) in [4.78, 5) is 12.6. The van der Waals surface area contributed by atoms with Gasteiger partial charge in [0.25, 0.3) is 5.69 Å². The Morgan fingerprint density at radius 3 is 2.38 bits per heavy atom. The SMILES string of the molecule is CN1C=C(c2ccccc2)C(c2ccc([N+](=O)[O-])cc2)C1. The predicted octanol–water partition coefficient (Wildman–Crippen LogP) is 3.66. The third kappa shape index (κ3) is 2.65. The number of nitro benzene ring substituents is 1. The fourth-order valence-electron chi connectivity index (χ4n) is 2.79. The van der Waals surface area contributed by atoms with E-state index in [2.05, 4.69) is 23.2 Å². The molecule has 0 aliphatic carbocycles. The van der Waals surface area contributed by atoms with Gasteiger partial charge < -0.3 is 4.90 Å². The van der Waals surface area contributed by atoms with Gasteiger partial charge >= 0.3 is 0 Å². The zero-order valence-corrected chi connectivity index (χ0v) is 11.8. The largest absolute Gasteiger partial charge is 0.379 e. The summed E-state index contributed by atoms with van der Waals surface area (Å²) in [6.45, 7) is 0.891. The molecule has 4 nitrogen and oxygen atoms in total. The lowest BCUT2D eigenvalue weighted by Gasteiger charge is -2.16. The van der Waals surface area contributed by atoms with Gasteiger partial charge in [0.05, 0.1) is 4.92 Å². The number of non-ortho nitro benzene ring substituents is 1. The van der Waals surface area contributed by atoms with Crippen molar-refractivity contribution in [2.24, 2.45) is 0 Å². The normalized spacial score (nSPS) is 17.7. The van der Waals surface area contributed by atoms with Crippen LogP contribution in [-0.2, 0) is 0 Å². The molecule has 1 aliphatic heterocycles. The van der Waals surface area contributed by atoms with E-state index in [1.807, 2.05) is 37.4 Å². The summed E-state index contributed by atoms with van der Waals surface area (Å²) >= 11 is 0. The second kappa shape index (κ2) is 5.40. The van der Waals surface area contributed by atoms with E-state index in [-0.39, 0.29) is 16.5 Å². The molecule has 0 saturated heterocycles. The Bertz CT molecular complexity index is 678. The van der Waals surface area contributed by atoms with Crippen molar-refractivity contribution in [1.29, 1.82) is 0 Å². The number of hydrogen-bond acceptors (Lipinski definition) is 3. The summed E-state index contributed by atoms with van der Waals surface area (Å²) in [5, 5.41) is 10.8. The Morgan fingerprint density at radius 2 is 1.76 bits per heavy atom. The van der Waals surface area contributed by atoms with Crippen molar-refractivity contribution in [2.75, 3.05) is 13.6 Å². The van der Waals surface area contributed by atoms with Gasteiger partial charge in [-0.05, 0) is 16.7 Å². The summed E-state index contributed by atoms with van der Waals surface area (Å²) < 4.78 is 0. The molecule has 4 heteroatoms. The van der Waals surface area contributed by atoms with Gasteiger partial charge in [-0.1, -0.05) is 42.5 Å². The van der Waals surface area contributed by atoms with Gasteiger partial charge in [0.1, 0.15) is 0 Å². The van der Waals surface area contributed by atoms with E-state index in [0.717, 1.165) is 12.1 Å². The first-order valence-electron chi connectivity index (χ1n) is 6.87. The molecule has 0 saturated carbocycles. The van der Waals surface area contributed by atoms with E-state index in [0.29, 0.717) is 0 Å². The Hall–Kier alpha value is -2.62. The van der Waals surface area contributed by atoms with Crippen LogP contribution < -0.4 is 0 Å². The maximum absolute atomic E-state index is 10.8. The zero-order valence-electron chi connectivity index (χ0n) is 11.8. The standard InChI is InChI=1S/C17H16N2O2/c1-18-11-16(13-5-3-2-4-6-13)17(12-18)14-7-9-15(10-8-14)19(20)21/h2-11,17H,12H2,1H3. The van der Waals surface area contributed by atoms with Crippen LogP contribution in [0.3, 0.4) is 0 Å². The van der Waals surface area contributed by atoms with Gasteiger partial charge in [-0.3, -0.25) is 10.1 Å². The van der Waals surface area contributed by atoms with Crippen LogP contribution in [0.15, 0.2) is 60.8 Å². The molecule has 1 aliphatic rings. The lowest BCUT2D eigenvalue weighted by atomic mass is 9.89. The van der Waals surface area contributed by atoms with E-state index in [9.17, 15) is 10.1 Å². The van der Waals surface area contributed by atoms with E-state index in [4.69, 9.17) is 0 Å². The van der Waals surface area contributed by atoms with Gasteiger partial charge in [0.15, 0.2) is 0 Å². The molecule has 2 aromatic carbocycles. The lowest BCUT2D eigenvalue weighted by molar-refractivity contribution is -0.384. The molecule has 0 N–H and O–H groups in total. The summed E-state index contributed by atoms with van der Waals surface area (Å²) in [5.41, 5.74) is 3.70. The van der Waals surface area contributed by atoms with Crippen molar-refractivity contribution in [1.82, 2.24) is 4.90 Å². The van der Waals surface area contributed by atoms with Crippen molar-refractivity contribution >= 4 is 11.3 Å². The van der Waals surface area contributed by atoms with Crippen LogP contribution in [0.1, 0.15) is 17.0 Å². The molecular weight excluding hydrogens is 264 g/mol. The molecule has 2 aromatic rings. The van der Waals surface area contributed by atoms with E-state index < -0.39 is 0 Å². The highest BCUT2D eigenvalue weighted by Crippen LogP contribution is 2.37. The molecule has 1 atom stereocenters. The molecule has 21 heavy (non-hydrogen) atoms. The fourth-order valence-corrected chi connectivity index (χ4v) is 2.79. The molecule has 0 fully saturated rings. The second-order valence-corrected chi connectivity index (χ2v) is 5.29. The maximum Gasteiger partial charge on any atom is 0.269 e. The fraction of sp³-hybridized carbons (Fsp3) is 0.176. The average molecular weight is 280 g/mol. The smallest absolute Gasteiger partial charge is 0.269 e. The minimum atomic E-state index is -0.363. The summed E-state index contributed by atoms with van der Waals surface area (Å²) in [6.07, 6.45) is 2.15. The summed E-state index contributed by atoms with van der Waals surface area (Å²) in [5.74, 6) is 0.248. The third-order valence-electron chi connectivity index (χ3n) is 3.82. The van der Waals surface area contributed by atoms with Crippen LogP contribution in [0.5, 0.6) is 0 Å². The zero-order chi connectivity index (χ0) is 14.8. The molecule has 0 aromatic heterocycles. The minimum absolute atomic E-state index is 0.135. The van der Waals surface area contributed by atoms with Crippen molar-refractivity contribution < 1.29 is 4.92 Å². The number of hydrogen-bond donors (Lipinski definition) is 0. The van der Waals surface area contributed by atoms with Crippen molar-refractivity contribution in [3.63, 3.8) is 0 Å². The monoisotopic (exact) mass is 280 g/mol. The van der Waals surface area contributed by atoms with E-state index in [1.54, 1.807) is 12.1 Å². The van der Waals surface area contributed by atoms with Crippen molar-refractivity contribution in [3.05, 3.63) is 82.0 Å². The van der Waals surface area contributed by atoms with Gasteiger partial charge in [-0.2, -0.15) is 0 Å². The topological polar surface area (TPSA) is 46.4 Å². The number of nitrogens with zero attached hydrogens (tertiary/aromatic N) is 2. The number of rotatable bonds is 3. The van der Waals surface area contributed by atoms with Gasteiger partial charge in [0.2, 0.25) is 0 Å².